The fraction of sp³-hybridized carbons (Fsp3) is 0.435. The van der Waals surface area contributed by atoms with Gasteiger partial charge in [0.2, 0.25) is 0 Å². The lowest BCUT2D eigenvalue weighted by atomic mass is 9.87. The minimum absolute atomic E-state index is 0. The van der Waals surface area contributed by atoms with Crippen LogP contribution in [0.15, 0.2) is 65.7 Å². The van der Waals surface area contributed by atoms with Crippen LogP contribution in [-0.4, -0.2) is 50.6 Å². The van der Waals surface area contributed by atoms with E-state index in [-0.39, 0.29) is 42.3 Å². The molecule has 2 aromatic carbocycles. The number of hydrogen-bond acceptors (Lipinski definition) is 4. The van der Waals surface area contributed by atoms with Crippen LogP contribution in [-0.2, 0) is 21.9 Å². The molecule has 0 spiro atoms. The van der Waals surface area contributed by atoms with Crippen molar-refractivity contribution in [3.05, 3.63) is 71.8 Å². The molecule has 6 nitrogen and oxygen atoms in total. The summed E-state index contributed by atoms with van der Waals surface area (Å²) in [6.45, 7) is 4.71. The van der Waals surface area contributed by atoms with Gasteiger partial charge in [-0.05, 0) is 31.4 Å². The molecule has 3 N–H and O–H groups in total. The average Bonchev–Trinajstić information content (AvgIpc) is 2.72. The van der Waals surface area contributed by atoms with Crippen LogP contribution in [0.5, 0.6) is 0 Å². The Balaban J connectivity index is 0.00000480. The Bertz CT molecular complexity index is 908. The lowest BCUT2D eigenvalue weighted by Gasteiger charge is -2.28. The molecule has 0 fully saturated rings. The Morgan fingerprint density at radius 2 is 1.68 bits per heavy atom. The molecule has 0 bridgehead atoms. The van der Waals surface area contributed by atoms with Crippen molar-refractivity contribution in [2.24, 2.45) is 4.99 Å². The maximum absolute atomic E-state index is 11.6. The molecule has 0 amide bonds. The predicted molar refractivity (Wildman–Crippen MR) is 139 cm³/mol. The zero-order valence-corrected chi connectivity index (χ0v) is 21.6. The standard InChI is InChI=1S/C23H33N3O3S.HI/c1-4-24-22(26-19(2)15-16-30(3,28)29)25-18-23(27,21-13-9-6-10-14-21)17-20-11-7-5-8-12-20;/h5-14,19,27H,4,15-18H2,1-3H3,(H2,24,25,26);1H. The van der Waals surface area contributed by atoms with Gasteiger partial charge in [-0.3, -0.25) is 0 Å². The first kappa shape index (κ1) is 27.4. The number of rotatable bonds is 10. The number of guanidine groups is 1. The van der Waals surface area contributed by atoms with E-state index in [1.807, 2.05) is 74.5 Å². The fourth-order valence-corrected chi connectivity index (χ4v) is 3.94. The molecule has 172 valence electrons. The van der Waals surface area contributed by atoms with Gasteiger partial charge < -0.3 is 15.7 Å². The highest BCUT2D eigenvalue weighted by Gasteiger charge is 2.29. The third kappa shape index (κ3) is 10.0. The molecule has 0 aliphatic rings. The number of aliphatic hydroxyl groups is 1. The molecule has 2 unspecified atom stereocenters. The fourth-order valence-electron chi connectivity index (χ4n) is 3.16. The first-order chi connectivity index (χ1) is 14.2. The minimum Gasteiger partial charge on any atom is -0.383 e. The van der Waals surface area contributed by atoms with Gasteiger partial charge in [0.15, 0.2) is 5.96 Å². The van der Waals surface area contributed by atoms with Crippen molar-refractivity contribution in [3.8, 4) is 0 Å². The summed E-state index contributed by atoms with van der Waals surface area (Å²) in [5, 5.41) is 18.0. The number of sulfone groups is 1. The van der Waals surface area contributed by atoms with Gasteiger partial charge in [0, 0.05) is 25.3 Å². The Hall–Kier alpha value is -1.65. The normalized spacial score (nSPS) is 14.8. The quantitative estimate of drug-likeness (QED) is 0.237. The van der Waals surface area contributed by atoms with E-state index in [4.69, 9.17) is 0 Å². The highest BCUT2D eigenvalue weighted by Crippen LogP contribution is 2.26. The van der Waals surface area contributed by atoms with Gasteiger partial charge in [-0.1, -0.05) is 60.7 Å². The SMILES string of the molecule is CCNC(=NCC(O)(Cc1ccccc1)c1ccccc1)NC(C)CCS(C)(=O)=O.I. The van der Waals surface area contributed by atoms with Gasteiger partial charge in [-0.2, -0.15) is 0 Å². The molecule has 0 aliphatic heterocycles. The summed E-state index contributed by atoms with van der Waals surface area (Å²) < 4.78 is 22.9. The highest BCUT2D eigenvalue weighted by molar-refractivity contribution is 14.0. The summed E-state index contributed by atoms with van der Waals surface area (Å²) in [7, 11) is -3.01. The van der Waals surface area contributed by atoms with E-state index in [2.05, 4.69) is 15.6 Å². The van der Waals surface area contributed by atoms with Crippen LogP contribution in [0.3, 0.4) is 0 Å². The number of halogens is 1. The lowest BCUT2D eigenvalue weighted by molar-refractivity contribution is 0.0467. The number of nitrogens with one attached hydrogen (secondary N) is 2. The number of nitrogens with zero attached hydrogens (tertiary/aromatic N) is 1. The zero-order valence-electron chi connectivity index (χ0n) is 18.4. The Morgan fingerprint density at radius 1 is 1.10 bits per heavy atom. The molecule has 0 saturated heterocycles. The van der Waals surface area contributed by atoms with Crippen molar-refractivity contribution in [1.29, 1.82) is 0 Å². The van der Waals surface area contributed by atoms with Crippen LogP contribution >= 0.6 is 24.0 Å². The van der Waals surface area contributed by atoms with Crippen molar-refractivity contribution >= 4 is 39.8 Å². The predicted octanol–water partition coefficient (Wildman–Crippen LogP) is 3.11. The van der Waals surface area contributed by atoms with Crippen molar-refractivity contribution < 1.29 is 13.5 Å². The van der Waals surface area contributed by atoms with Crippen LogP contribution in [0.4, 0.5) is 0 Å². The highest BCUT2D eigenvalue weighted by atomic mass is 127. The van der Waals surface area contributed by atoms with Gasteiger partial charge in [0.05, 0.1) is 12.3 Å². The van der Waals surface area contributed by atoms with E-state index in [1.54, 1.807) is 0 Å². The summed E-state index contributed by atoms with van der Waals surface area (Å²) in [6.07, 6.45) is 2.16. The molecule has 0 saturated carbocycles. The minimum atomic E-state index is -3.01. The van der Waals surface area contributed by atoms with Gasteiger partial charge >= 0.3 is 0 Å². The molecule has 2 rings (SSSR count). The first-order valence-electron chi connectivity index (χ1n) is 10.3. The Morgan fingerprint density at radius 3 is 2.23 bits per heavy atom. The van der Waals surface area contributed by atoms with Crippen molar-refractivity contribution in [2.75, 3.05) is 25.1 Å². The van der Waals surface area contributed by atoms with Crippen molar-refractivity contribution in [1.82, 2.24) is 10.6 Å². The monoisotopic (exact) mass is 559 g/mol. The number of hydrogen-bond donors (Lipinski definition) is 3. The molecule has 0 aromatic heterocycles. The van der Waals surface area contributed by atoms with Gasteiger partial charge in [-0.15, -0.1) is 24.0 Å². The molecule has 0 aliphatic carbocycles. The van der Waals surface area contributed by atoms with Crippen LogP contribution in [0.1, 0.15) is 31.4 Å². The number of aliphatic imine (C=N–C) groups is 1. The first-order valence-corrected chi connectivity index (χ1v) is 12.3. The Labute approximate surface area is 203 Å². The third-order valence-corrected chi connectivity index (χ3v) is 5.78. The smallest absolute Gasteiger partial charge is 0.191 e. The summed E-state index contributed by atoms with van der Waals surface area (Å²) in [4.78, 5) is 4.64. The molecule has 0 radical (unpaired) electrons. The Kier molecular flexibility index (Phi) is 11.5. The molecule has 2 atom stereocenters. The van der Waals surface area contributed by atoms with Crippen molar-refractivity contribution in [2.45, 2.75) is 38.3 Å². The largest absolute Gasteiger partial charge is 0.383 e. The molecule has 2 aromatic rings. The maximum atomic E-state index is 11.6. The second kappa shape index (κ2) is 13.0. The molecular formula is C23H34IN3O3S. The van der Waals surface area contributed by atoms with Gasteiger partial charge in [-0.25, -0.2) is 13.4 Å². The van der Waals surface area contributed by atoms with Crippen LogP contribution < -0.4 is 10.6 Å². The summed E-state index contributed by atoms with van der Waals surface area (Å²) >= 11 is 0. The lowest BCUT2D eigenvalue weighted by Crippen LogP contribution is -2.44. The van der Waals surface area contributed by atoms with E-state index < -0.39 is 15.4 Å². The second-order valence-corrected chi connectivity index (χ2v) is 9.98. The molecular weight excluding hydrogens is 525 g/mol. The van der Waals surface area contributed by atoms with E-state index in [0.29, 0.717) is 25.3 Å². The van der Waals surface area contributed by atoms with Crippen LogP contribution in [0.25, 0.3) is 0 Å². The third-order valence-electron chi connectivity index (χ3n) is 4.80. The molecule has 0 heterocycles. The summed E-state index contributed by atoms with van der Waals surface area (Å²) in [5.74, 6) is 0.670. The topological polar surface area (TPSA) is 90.8 Å². The molecule has 31 heavy (non-hydrogen) atoms. The van der Waals surface area contributed by atoms with E-state index in [9.17, 15) is 13.5 Å². The zero-order chi connectivity index (χ0) is 22.0. The van der Waals surface area contributed by atoms with Gasteiger partial charge in [0.1, 0.15) is 15.4 Å². The second-order valence-electron chi connectivity index (χ2n) is 7.72. The van der Waals surface area contributed by atoms with Gasteiger partial charge in [0.25, 0.3) is 0 Å². The maximum Gasteiger partial charge on any atom is 0.191 e. The van der Waals surface area contributed by atoms with Crippen LogP contribution in [0.2, 0.25) is 0 Å². The summed E-state index contributed by atoms with van der Waals surface area (Å²) in [5.41, 5.74) is 0.665. The van der Waals surface area contributed by atoms with E-state index in [0.717, 1.165) is 11.1 Å². The average molecular weight is 560 g/mol. The summed E-state index contributed by atoms with van der Waals surface area (Å²) in [6, 6.07) is 19.3. The number of benzene rings is 2. The van der Waals surface area contributed by atoms with E-state index >= 15 is 0 Å². The van der Waals surface area contributed by atoms with Crippen LogP contribution in [0, 0.1) is 0 Å². The van der Waals surface area contributed by atoms with E-state index in [1.165, 1.54) is 6.26 Å². The van der Waals surface area contributed by atoms with Crippen molar-refractivity contribution in [3.63, 3.8) is 0 Å². The molecule has 8 heteroatoms.